The summed E-state index contributed by atoms with van der Waals surface area (Å²) in [5.41, 5.74) is 17.4. The zero-order valence-electron chi connectivity index (χ0n) is 22.7. The highest BCUT2D eigenvalue weighted by molar-refractivity contribution is 7.98. The van der Waals surface area contributed by atoms with Crippen LogP contribution in [0.1, 0.15) is 37.7 Å². The lowest BCUT2D eigenvalue weighted by molar-refractivity contribution is -0.143. The van der Waals surface area contributed by atoms with Crippen LogP contribution in [0.4, 0.5) is 0 Å². The van der Waals surface area contributed by atoms with E-state index in [-0.39, 0.29) is 50.4 Å². The van der Waals surface area contributed by atoms with Gasteiger partial charge in [-0.25, -0.2) is 4.79 Å². The van der Waals surface area contributed by atoms with Crippen LogP contribution in [-0.2, 0) is 30.4 Å². The number of thioether (sulfide) groups is 1. The number of nitrogens with two attached hydrogens (primary N) is 3. The molecule has 0 saturated carbocycles. The first-order chi connectivity index (χ1) is 19.3. The molecule has 1 rings (SSSR count). The maximum Gasteiger partial charge on any atom is 0.326 e. The number of aliphatic imine (C=N–C) groups is 1. The Labute approximate surface area is 241 Å². The van der Waals surface area contributed by atoms with Crippen molar-refractivity contribution in [3.8, 4) is 5.75 Å². The third-order valence-corrected chi connectivity index (χ3v) is 6.46. The zero-order chi connectivity index (χ0) is 30.9. The molecule has 0 bridgehead atoms. The number of carbonyl (C=O) groups excluding carboxylic acids is 3. The number of carboxylic acid groups (broad SMARTS) is 2. The second-order valence-corrected chi connectivity index (χ2v) is 10.1. The van der Waals surface area contributed by atoms with Crippen LogP contribution in [0.15, 0.2) is 29.3 Å². The van der Waals surface area contributed by atoms with Gasteiger partial charge >= 0.3 is 11.9 Å². The fourth-order valence-corrected chi connectivity index (χ4v) is 4.08. The standard InChI is InChI=1S/C25H39N7O8S/c1-41-12-10-18(30-21(36)16(26)13-14-4-6-15(33)7-5-14)23(38)31-17(3-2-11-29-25(27)28)22(37)32-19(24(39)40)8-9-20(34)35/h4-7,16-19,33H,2-3,8-13,26H2,1H3,(H,30,36)(H,31,38)(H,32,37)(H,34,35)(H,39,40)(H4,27,28,29). The van der Waals surface area contributed by atoms with Crippen LogP contribution in [0.2, 0.25) is 0 Å². The zero-order valence-corrected chi connectivity index (χ0v) is 23.6. The molecule has 0 aliphatic carbocycles. The maximum atomic E-state index is 13.2. The van der Waals surface area contributed by atoms with E-state index in [0.717, 1.165) is 0 Å². The Morgan fingerprint density at radius 2 is 1.44 bits per heavy atom. The number of carbonyl (C=O) groups is 5. The summed E-state index contributed by atoms with van der Waals surface area (Å²) in [5, 5.41) is 35.2. The molecule has 0 aliphatic heterocycles. The number of hydrogen-bond acceptors (Lipinski definition) is 9. The molecule has 4 atom stereocenters. The largest absolute Gasteiger partial charge is 0.508 e. The number of nitrogens with one attached hydrogen (secondary N) is 3. The predicted molar refractivity (Wildman–Crippen MR) is 153 cm³/mol. The van der Waals surface area contributed by atoms with Crippen LogP contribution in [0, 0.1) is 0 Å². The van der Waals surface area contributed by atoms with E-state index >= 15 is 0 Å². The van der Waals surface area contributed by atoms with Crippen LogP contribution in [0.25, 0.3) is 0 Å². The molecule has 12 N–H and O–H groups in total. The van der Waals surface area contributed by atoms with Crippen molar-refractivity contribution < 1.29 is 39.3 Å². The molecule has 41 heavy (non-hydrogen) atoms. The van der Waals surface area contributed by atoms with Gasteiger partial charge in [0.25, 0.3) is 0 Å². The minimum Gasteiger partial charge on any atom is -0.508 e. The molecule has 0 radical (unpaired) electrons. The van der Waals surface area contributed by atoms with Crippen molar-refractivity contribution in [3.63, 3.8) is 0 Å². The van der Waals surface area contributed by atoms with E-state index in [1.165, 1.54) is 23.9 Å². The molecule has 1 aromatic rings. The Morgan fingerprint density at radius 1 is 0.878 bits per heavy atom. The van der Waals surface area contributed by atoms with Crippen molar-refractivity contribution in [1.29, 1.82) is 0 Å². The van der Waals surface area contributed by atoms with Gasteiger partial charge in [-0.1, -0.05) is 12.1 Å². The van der Waals surface area contributed by atoms with Gasteiger partial charge in [-0.2, -0.15) is 11.8 Å². The molecule has 0 spiro atoms. The summed E-state index contributed by atoms with van der Waals surface area (Å²) in [6.07, 6.45) is 1.57. The second kappa shape index (κ2) is 18.3. The van der Waals surface area contributed by atoms with E-state index in [2.05, 4.69) is 20.9 Å². The molecule has 15 nitrogen and oxygen atoms in total. The smallest absolute Gasteiger partial charge is 0.326 e. The van der Waals surface area contributed by atoms with Crippen LogP contribution < -0.4 is 33.2 Å². The van der Waals surface area contributed by atoms with Crippen molar-refractivity contribution in [2.45, 2.75) is 62.7 Å². The lowest BCUT2D eigenvalue weighted by Gasteiger charge is -2.25. The van der Waals surface area contributed by atoms with Crippen LogP contribution in [0.5, 0.6) is 5.75 Å². The number of aliphatic carboxylic acids is 2. The van der Waals surface area contributed by atoms with Crippen LogP contribution in [0.3, 0.4) is 0 Å². The quantitative estimate of drug-likeness (QED) is 0.0499. The number of rotatable bonds is 19. The molecule has 0 saturated heterocycles. The monoisotopic (exact) mass is 597 g/mol. The van der Waals surface area contributed by atoms with Crippen LogP contribution >= 0.6 is 11.8 Å². The Kier molecular flexibility index (Phi) is 15.6. The number of amides is 3. The summed E-state index contributed by atoms with van der Waals surface area (Å²) in [5.74, 6) is -4.42. The topological polar surface area (TPSA) is 273 Å². The molecule has 0 fully saturated rings. The molecule has 1 aromatic carbocycles. The Balaban J connectivity index is 3.02. The molecule has 228 valence electrons. The molecule has 16 heteroatoms. The van der Waals surface area contributed by atoms with Crippen molar-refractivity contribution in [3.05, 3.63) is 29.8 Å². The molecular formula is C25H39N7O8S. The highest BCUT2D eigenvalue weighted by Crippen LogP contribution is 2.11. The normalized spacial score (nSPS) is 13.6. The lowest BCUT2D eigenvalue weighted by Crippen LogP contribution is -2.57. The summed E-state index contributed by atoms with van der Waals surface area (Å²) in [6.45, 7) is 0.127. The Bertz CT molecular complexity index is 1070. The number of carboxylic acids is 2. The third kappa shape index (κ3) is 14.2. The van der Waals surface area contributed by atoms with Gasteiger partial charge in [0.05, 0.1) is 6.04 Å². The fraction of sp³-hybridized carbons (Fsp3) is 0.520. The number of nitrogens with zero attached hydrogens (tertiary/aromatic N) is 1. The van der Waals surface area contributed by atoms with Gasteiger partial charge in [-0.3, -0.25) is 24.2 Å². The van der Waals surface area contributed by atoms with Gasteiger partial charge < -0.3 is 48.5 Å². The minimum absolute atomic E-state index is 0.0170. The molecule has 0 heterocycles. The Hall–Kier alpha value is -4.05. The van der Waals surface area contributed by atoms with Crippen molar-refractivity contribution >= 4 is 47.4 Å². The first kappa shape index (κ1) is 35.0. The third-order valence-electron chi connectivity index (χ3n) is 5.81. The van der Waals surface area contributed by atoms with Gasteiger partial charge in [0.2, 0.25) is 17.7 Å². The summed E-state index contributed by atoms with van der Waals surface area (Å²) >= 11 is 1.43. The number of hydrogen-bond donors (Lipinski definition) is 9. The van der Waals surface area contributed by atoms with Gasteiger partial charge in [0.1, 0.15) is 23.9 Å². The van der Waals surface area contributed by atoms with Gasteiger partial charge in [-0.15, -0.1) is 0 Å². The van der Waals surface area contributed by atoms with E-state index in [1.54, 1.807) is 12.1 Å². The van der Waals surface area contributed by atoms with Crippen molar-refractivity contribution in [1.82, 2.24) is 16.0 Å². The van der Waals surface area contributed by atoms with Gasteiger partial charge in [0, 0.05) is 13.0 Å². The maximum absolute atomic E-state index is 13.2. The number of aromatic hydroxyl groups is 1. The second-order valence-electron chi connectivity index (χ2n) is 9.16. The van der Waals surface area contributed by atoms with Crippen molar-refractivity contribution in [2.24, 2.45) is 22.2 Å². The molecule has 0 aromatic heterocycles. The van der Waals surface area contributed by atoms with E-state index in [4.69, 9.17) is 22.3 Å². The predicted octanol–water partition coefficient (Wildman–Crippen LogP) is -1.53. The molecule has 3 amide bonds. The molecule has 4 unspecified atom stereocenters. The molecule has 0 aliphatic rings. The number of phenols is 1. The Morgan fingerprint density at radius 3 is 1.98 bits per heavy atom. The lowest BCUT2D eigenvalue weighted by atomic mass is 10.0. The first-order valence-electron chi connectivity index (χ1n) is 12.8. The van der Waals surface area contributed by atoms with Crippen molar-refractivity contribution in [2.75, 3.05) is 18.6 Å². The van der Waals surface area contributed by atoms with E-state index in [9.17, 15) is 34.2 Å². The van der Waals surface area contributed by atoms with E-state index in [0.29, 0.717) is 11.3 Å². The number of guanidine groups is 1. The summed E-state index contributed by atoms with van der Waals surface area (Å²) in [6, 6.07) is 1.36. The number of phenolic OH excluding ortho intramolecular Hbond substituents is 1. The van der Waals surface area contributed by atoms with Crippen LogP contribution in [-0.4, -0.2) is 93.7 Å². The fourth-order valence-electron chi connectivity index (χ4n) is 3.60. The summed E-state index contributed by atoms with van der Waals surface area (Å²) in [7, 11) is 0. The summed E-state index contributed by atoms with van der Waals surface area (Å²) in [4.78, 5) is 65.4. The average molecular weight is 598 g/mol. The van der Waals surface area contributed by atoms with Gasteiger partial charge in [-0.05, 0) is 61.8 Å². The highest BCUT2D eigenvalue weighted by Gasteiger charge is 2.30. The number of benzene rings is 1. The minimum atomic E-state index is -1.50. The van der Waals surface area contributed by atoms with Gasteiger partial charge in [0.15, 0.2) is 5.96 Å². The SMILES string of the molecule is CSCCC(NC(=O)C(N)Cc1ccc(O)cc1)C(=O)NC(CCCN=C(N)N)C(=O)NC(CCC(=O)O)C(=O)O. The summed E-state index contributed by atoms with van der Waals surface area (Å²) < 4.78 is 0. The first-order valence-corrected chi connectivity index (χ1v) is 14.2. The highest BCUT2D eigenvalue weighted by atomic mass is 32.2. The molecular weight excluding hydrogens is 558 g/mol. The van der Waals surface area contributed by atoms with E-state index < -0.39 is 60.2 Å². The average Bonchev–Trinajstić information content (AvgIpc) is 2.90. The van der Waals surface area contributed by atoms with E-state index in [1.807, 2.05) is 6.26 Å².